The van der Waals surface area contributed by atoms with E-state index in [4.69, 9.17) is 4.74 Å². The molecule has 1 rings (SSSR count). The van der Waals surface area contributed by atoms with E-state index >= 15 is 0 Å². The summed E-state index contributed by atoms with van der Waals surface area (Å²) in [6, 6.07) is 0.412. The average molecular weight is 243 g/mol. The highest BCUT2D eigenvalue weighted by atomic mass is 32.1. The normalized spacial score (nSPS) is 12.8. The summed E-state index contributed by atoms with van der Waals surface area (Å²) in [5.41, 5.74) is 1.10. The van der Waals surface area contributed by atoms with Crippen molar-refractivity contribution in [3.63, 3.8) is 0 Å². The first-order valence-electron chi connectivity index (χ1n) is 5.51. The van der Waals surface area contributed by atoms with Crippen LogP contribution in [0.15, 0.2) is 5.38 Å². The summed E-state index contributed by atoms with van der Waals surface area (Å²) in [6.07, 6.45) is 1.07. The minimum absolute atomic E-state index is 0.412. The van der Waals surface area contributed by atoms with Gasteiger partial charge >= 0.3 is 0 Å². The molecule has 92 valence electrons. The topological polar surface area (TPSA) is 37.4 Å². The number of hydrogen-bond acceptors (Lipinski definition) is 5. The van der Waals surface area contributed by atoms with Crippen LogP contribution in [0.2, 0.25) is 0 Å². The highest BCUT2D eigenvalue weighted by Gasteiger charge is 2.07. The third-order valence-electron chi connectivity index (χ3n) is 2.35. The molecule has 4 nitrogen and oxygen atoms in total. The van der Waals surface area contributed by atoms with E-state index in [-0.39, 0.29) is 0 Å². The van der Waals surface area contributed by atoms with Gasteiger partial charge in [0.25, 0.3) is 0 Å². The molecule has 1 atom stereocenters. The smallest absolute Gasteiger partial charge is 0.185 e. The van der Waals surface area contributed by atoms with Crippen LogP contribution >= 0.6 is 11.3 Å². The van der Waals surface area contributed by atoms with Crippen LogP contribution < -0.4 is 10.2 Å². The van der Waals surface area contributed by atoms with Gasteiger partial charge in [0.15, 0.2) is 5.13 Å². The monoisotopic (exact) mass is 243 g/mol. The Hall–Kier alpha value is -0.650. The Balaban J connectivity index is 2.41. The van der Waals surface area contributed by atoms with Crippen molar-refractivity contribution >= 4 is 16.5 Å². The van der Waals surface area contributed by atoms with E-state index in [0.717, 1.165) is 30.4 Å². The van der Waals surface area contributed by atoms with Gasteiger partial charge in [-0.25, -0.2) is 4.98 Å². The van der Waals surface area contributed by atoms with Crippen LogP contribution in [0, 0.1) is 0 Å². The molecule has 0 radical (unpaired) electrons. The van der Waals surface area contributed by atoms with Gasteiger partial charge in [-0.2, -0.15) is 0 Å². The molecule has 0 aliphatic carbocycles. The summed E-state index contributed by atoms with van der Waals surface area (Å²) in [5, 5.41) is 6.59. The number of hydrogen-bond donors (Lipinski definition) is 1. The number of thiazole rings is 1. The van der Waals surface area contributed by atoms with Crippen molar-refractivity contribution in [2.75, 3.05) is 32.7 Å². The van der Waals surface area contributed by atoms with E-state index in [1.165, 1.54) is 0 Å². The molecule has 0 saturated heterocycles. The van der Waals surface area contributed by atoms with Gasteiger partial charge in [0.05, 0.1) is 12.3 Å². The third kappa shape index (κ3) is 4.08. The number of nitrogens with one attached hydrogen (secondary N) is 1. The molecule has 0 amide bonds. The molecule has 1 heterocycles. The van der Waals surface area contributed by atoms with Gasteiger partial charge in [-0.05, 0) is 6.42 Å². The molecule has 0 aliphatic heterocycles. The van der Waals surface area contributed by atoms with E-state index in [1.807, 2.05) is 19.0 Å². The first kappa shape index (κ1) is 13.4. The predicted molar refractivity (Wildman–Crippen MR) is 69.2 cm³/mol. The number of rotatable bonds is 7. The Morgan fingerprint density at radius 3 is 2.81 bits per heavy atom. The van der Waals surface area contributed by atoms with Crippen molar-refractivity contribution in [1.29, 1.82) is 0 Å². The molecule has 0 spiro atoms. The van der Waals surface area contributed by atoms with Crippen LogP contribution in [-0.2, 0) is 11.3 Å². The molecular weight excluding hydrogens is 222 g/mol. The lowest BCUT2D eigenvalue weighted by Gasteiger charge is -2.14. The second-order valence-corrected chi connectivity index (χ2v) is 4.79. The van der Waals surface area contributed by atoms with Gasteiger partial charge in [0.2, 0.25) is 0 Å². The molecule has 5 heteroatoms. The van der Waals surface area contributed by atoms with Crippen LogP contribution in [0.3, 0.4) is 0 Å². The zero-order valence-corrected chi connectivity index (χ0v) is 11.3. The zero-order valence-electron chi connectivity index (χ0n) is 10.5. The van der Waals surface area contributed by atoms with Gasteiger partial charge in [0.1, 0.15) is 0 Å². The van der Waals surface area contributed by atoms with Gasteiger partial charge in [-0.15, -0.1) is 11.3 Å². The Kier molecular flexibility index (Phi) is 5.73. The van der Waals surface area contributed by atoms with Crippen LogP contribution in [-0.4, -0.2) is 38.8 Å². The number of anilines is 1. The Bertz CT molecular complexity index is 301. The zero-order chi connectivity index (χ0) is 12.0. The molecule has 1 aromatic rings. The molecule has 0 saturated carbocycles. The maximum absolute atomic E-state index is 5.14. The highest BCUT2D eigenvalue weighted by Crippen LogP contribution is 2.17. The molecule has 1 N–H and O–H groups in total. The largest absolute Gasteiger partial charge is 0.383 e. The maximum Gasteiger partial charge on any atom is 0.185 e. The average Bonchev–Trinajstić information content (AvgIpc) is 2.73. The van der Waals surface area contributed by atoms with Gasteiger partial charge in [-0.3, -0.25) is 0 Å². The van der Waals surface area contributed by atoms with Crippen molar-refractivity contribution in [3.8, 4) is 0 Å². The second-order valence-electron chi connectivity index (χ2n) is 3.96. The highest BCUT2D eigenvalue weighted by molar-refractivity contribution is 7.13. The SMILES string of the molecule is CC[C@@H](COC)NCc1csc(N(C)C)n1. The molecule has 0 aromatic carbocycles. The maximum atomic E-state index is 5.14. The van der Waals surface area contributed by atoms with Crippen molar-refractivity contribution in [2.24, 2.45) is 0 Å². The molecule has 0 unspecified atom stereocenters. The molecular formula is C11H21N3OS. The summed E-state index contributed by atoms with van der Waals surface area (Å²) >= 11 is 1.67. The Morgan fingerprint density at radius 2 is 2.31 bits per heavy atom. The molecule has 0 fully saturated rings. The van der Waals surface area contributed by atoms with Crippen LogP contribution in [0.1, 0.15) is 19.0 Å². The van der Waals surface area contributed by atoms with E-state index in [9.17, 15) is 0 Å². The number of nitrogens with zero attached hydrogens (tertiary/aromatic N) is 2. The number of methoxy groups -OCH3 is 1. The fraction of sp³-hybridized carbons (Fsp3) is 0.727. The Labute approximate surface area is 102 Å². The van der Waals surface area contributed by atoms with E-state index in [1.54, 1.807) is 18.4 Å². The van der Waals surface area contributed by atoms with Crippen LogP contribution in [0.5, 0.6) is 0 Å². The summed E-state index contributed by atoms with van der Waals surface area (Å²) in [7, 11) is 5.75. The van der Waals surface area contributed by atoms with Crippen molar-refractivity contribution in [2.45, 2.75) is 25.9 Å². The van der Waals surface area contributed by atoms with E-state index in [0.29, 0.717) is 6.04 Å². The van der Waals surface area contributed by atoms with Crippen molar-refractivity contribution in [1.82, 2.24) is 10.3 Å². The van der Waals surface area contributed by atoms with Crippen LogP contribution in [0.25, 0.3) is 0 Å². The van der Waals surface area contributed by atoms with E-state index in [2.05, 4.69) is 22.6 Å². The predicted octanol–water partition coefficient (Wildman–Crippen LogP) is 1.72. The summed E-state index contributed by atoms with van der Waals surface area (Å²) in [6.45, 7) is 3.72. The fourth-order valence-electron chi connectivity index (χ4n) is 1.35. The van der Waals surface area contributed by atoms with Crippen molar-refractivity contribution < 1.29 is 4.74 Å². The van der Waals surface area contributed by atoms with E-state index < -0.39 is 0 Å². The van der Waals surface area contributed by atoms with Crippen molar-refractivity contribution in [3.05, 3.63) is 11.1 Å². The summed E-state index contributed by atoms with van der Waals surface area (Å²) in [4.78, 5) is 6.55. The lowest BCUT2D eigenvalue weighted by molar-refractivity contribution is 0.163. The quantitative estimate of drug-likeness (QED) is 0.791. The lowest BCUT2D eigenvalue weighted by atomic mass is 10.2. The number of ether oxygens (including phenoxy) is 1. The van der Waals surface area contributed by atoms with Crippen LogP contribution in [0.4, 0.5) is 5.13 Å². The third-order valence-corrected chi connectivity index (χ3v) is 3.41. The summed E-state index contributed by atoms with van der Waals surface area (Å²) < 4.78 is 5.14. The lowest BCUT2D eigenvalue weighted by Crippen LogP contribution is -2.32. The van der Waals surface area contributed by atoms with Gasteiger partial charge < -0.3 is 15.0 Å². The molecule has 0 aliphatic rings. The number of aromatic nitrogens is 1. The molecule has 16 heavy (non-hydrogen) atoms. The molecule has 0 bridgehead atoms. The molecule has 1 aromatic heterocycles. The minimum atomic E-state index is 0.412. The minimum Gasteiger partial charge on any atom is -0.383 e. The second kappa shape index (κ2) is 6.83. The standard InChI is InChI=1S/C11H21N3OS/c1-5-9(7-15-4)12-6-10-8-16-11(13-10)14(2)3/h8-9,12H,5-7H2,1-4H3/t9-/m0/s1. The summed E-state index contributed by atoms with van der Waals surface area (Å²) in [5.74, 6) is 0. The van der Waals surface area contributed by atoms with Gasteiger partial charge in [0, 0.05) is 39.2 Å². The van der Waals surface area contributed by atoms with Gasteiger partial charge in [-0.1, -0.05) is 6.92 Å². The first-order chi connectivity index (χ1) is 7.67. The Morgan fingerprint density at radius 1 is 1.56 bits per heavy atom. The first-order valence-corrected chi connectivity index (χ1v) is 6.39. The fourth-order valence-corrected chi connectivity index (χ4v) is 2.11.